The highest BCUT2D eigenvalue weighted by Gasteiger charge is 2.26. The van der Waals surface area contributed by atoms with Crippen molar-refractivity contribution in [2.24, 2.45) is 0 Å². The van der Waals surface area contributed by atoms with Gasteiger partial charge in [-0.3, -0.25) is 0 Å². The van der Waals surface area contributed by atoms with Crippen molar-refractivity contribution in [1.29, 1.82) is 0 Å². The van der Waals surface area contributed by atoms with Crippen molar-refractivity contribution in [3.63, 3.8) is 0 Å². The molecule has 0 unspecified atom stereocenters. The number of carbonyl (C=O) groups excluding carboxylic acids is 1. The van der Waals surface area contributed by atoms with Gasteiger partial charge in [-0.2, -0.15) is 13.5 Å². The van der Waals surface area contributed by atoms with E-state index in [1.165, 1.54) is 23.4 Å². The van der Waals surface area contributed by atoms with Crippen molar-refractivity contribution in [2.75, 3.05) is 5.32 Å². The molecular weight excluding hydrogens is 352 g/mol. The number of sulfonamides is 1. The Morgan fingerprint density at radius 3 is 2.31 bits per heavy atom. The molecule has 8 heteroatoms. The van der Waals surface area contributed by atoms with E-state index in [0.717, 1.165) is 55.3 Å². The fraction of sp³-hybridized carbons (Fsp3) is 0.389. The zero-order chi connectivity index (χ0) is 18.3. The number of hydrogen-bond donors (Lipinski definition) is 2. The number of amides is 2. The van der Waals surface area contributed by atoms with Crippen molar-refractivity contribution in [1.82, 2.24) is 14.9 Å². The fourth-order valence-corrected chi connectivity index (χ4v) is 4.74. The number of urea groups is 1. The number of benzene rings is 1. The lowest BCUT2D eigenvalue weighted by atomic mass is 9.99. The second kappa shape index (κ2) is 6.35. The van der Waals surface area contributed by atoms with Crippen molar-refractivity contribution < 1.29 is 13.2 Å². The number of fused-ring (bicyclic) bond motifs is 2. The number of nitrogens with zero attached hydrogens (tertiary/aromatic N) is 2. The summed E-state index contributed by atoms with van der Waals surface area (Å²) in [5.74, 6) is 0. The van der Waals surface area contributed by atoms with Crippen LogP contribution in [0.1, 0.15) is 40.7 Å². The summed E-state index contributed by atoms with van der Waals surface area (Å²) in [6, 6.07) is 2.87. The standard InChI is InChI=1S/C18H20N4O3S/c1-11-8-16(21-19-10-11)26(24,25)22-18(23)20-17-14-6-2-4-12(14)9-13-5-3-7-15(13)17/h8-10H,2-7H2,1H3,(H2,20,22,23). The molecule has 1 heterocycles. The Balaban J connectivity index is 1.60. The molecule has 0 spiro atoms. The van der Waals surface area contributed by atoms with Crippen LogP contribution in [0, 0.1) is 6.92 Å². The van der Waals surface area contributed by atoms with Gasteiger partial charge in [-0.05, 0) is 79.3 Å². The van der Waals surface area contributed by atoms with Crippen LogP contribution in [-0.2, 0) is 35.7 Å². The van der Waals surface area contributed by atoms with Gasteiger partial charge in [-0.1, -0.05) is 6.07 Å². The third-order valence-corrected chi connectivity index (χ3v) is 6.19. The first-order chi connectivity index (χ1) is 12.4. The minimum absolute atomic E-state index is 0.267. The predicted octanol–water partition coefficient (Wildman–Crippen LogP) is 2.27. The molecule has 2 N–H and O–H groups in total. The number of carbonyl (C=O) groups is 1. The van der Waals surface area contributed by atoms with Gasteiger partial charge in [0.2, 0.25) is 0 Å². The SMILES string of the molecule is Cc1cnnc(S(=O)(=O)NC(=O)Nc2c3c(cc4c2CCC4)CCC3)c1. The summed E-state index contributed by atoms with van der Waals surface area (Å²) in [5, 5.41) is 9.78. The average molecular weight is 372 g/mol. The first-order valence-electron chi connectivity index (χ1n) is 8.74. The maximum atomic E-state index is 12.4. The summed E-state index contributed by atoms with van der Waals surface area (Å²) < 4.78 is 26.8. The van der Waals surface area contributed by atoms with Crippen LogP contribution >= 0.6 is 0 Å². The maximum absolute atomic E-state index is 12.4. The van der Waals surface area contributed by atoms with Gasteiger partial charge in [-0.25, -0.2) is 9.52 Å². The third kappa shape index (κ3) is 3.05. The number of nitrogens with one attached hydrogen (secondary N) is 2. The van der Waals surface area contributed by atoms with E-state index in [0.29, 0.717) is 5.56 Å². The number of aryl methyl sites for hydroxylation is 3. The molecule has 0 radical (unpaired) electrons. The van der Waals surface area contributed by atoms with E-state index in [2.05, 4.69) is 26.3 Å². The summed E-state index contributed by atoms with van der Waals surface area (Å²) in [6.07, 6.45) is 7.42. The summed E-state index contributed by atoms with van der Waals surface area (Å²) in [5.41, 5.74) is 6.29. The van der Waals surface area contributed by atoms with E-state index in [9.17, 15) is 13.2 Å². The number of anilines is 1. The van der Waals surface area contributed by atoms with E-state index >= 15 is 0 Å². The fourth-order valence-electron chi connectivity index (χ4n) is 3.85. The lowest BCUT2D eigenvalue weighted by molar-refractivity contribution is 0.256. The second-order valence-electron chi connectivity index (χ2n) is 6.86. The minimum atomic E-state index is -4.07. The van der Waals surface area contributed by atoms with Gasteiger partial charge in [-0.15, -0.1) is 5.10 Å². The van der Waals surface area contributed by atoms with Gasteiger partial charge in [0.05, 0.1) is 6.20 Å². The molecule has 4 rings (SSSR count). The molecule has 0 fully saturated rings. The molecule has 0 saturated heterocycles. The summed E-state index contributed by atoms with van der Waals surface area (Å²) in [4.78, 5) is 12.4. The predicted molar refractivity (Wildman–Crippen MR) is 96.6 cm³/mol. The first-order valence-corrected chi connectivity index (χ1v) is 10.2. The molecule has 136 valence electrons. The Labute approximate surface area is 152 Å². The lowest BCUT2D eigenvalue weighted by Crippen LogP contribution is -2.35. The average Bonchev–Trinajstić information content (AvgIpc) is 3.23. The molecule has 0 bridgehead atoms. The first kappa shape index (κ1) is 17.0. The van der Waals surface area contributed by atoms with E-state index in [1.807, 2.05) is 0 Å². The largest absolute Gasteiger partial charge is 0.333 e. The van der Waals surface area contributed by atoms with Gasteiger partial charge in [0.25, 0.3) is 10.0 Å². The Morgan fingerprint density at radius 2 is 1.69 bits per heavy atom. The van der Waals surface area contributed by atoms with E-state index in [4.69, 9.17) is 0 Å². The Kier molecular flexibility index (Phi) is 4.14. The molecule has 0 saturated carbocycles. The second-order valence-corrected chi connectivity index (χ2v) is 8.49. The molecule has 2 amide bonds. The maximum Gasteiger partial charge on any atom is 0.333 e. The van der Waals surface area contributed by atoms with E-state index in [-0.39, 0.29) is 5.03 Å². The number of aromatic nitrogens is 2. The van der Waals surface area contributed by atoms with Crippen LogP contribution < -0.4 is 10.0 Å². The lowest BCUT2D eigenvalue weighted by Gasteiger charge is -2.16. The molecule has 2 aromatic rings. The van der Waals surface area contributed by atoms with Crippen molar-refractivity contribution in [2.45, 2.75) is 50.5 Å². The molecule has 0 aliphatic heterocycles. The quantitative estimate of drug-likeness (QED) is 0.861. The van der Waals surface area contributed by atoms with E-state index in [1.54, 1.807) is 6.92 Å². The van der Waals surface area contributed by atoms with Crippen molar-refractivity contribution in [3.05, 3.63) is 46.1 Å². The van der Waals surface area contributed by atoms with E-state index < -0.39 is 16.1 Å². The third-order valence-electron chi connectivity index (χ3n) is 4.98. The van der Waals surface area contributed by atoms with Crippen LogP contribution in [0.15, 0.2) is 23.4 Å². The summed E-state index contributed by atoms with van der Waals surface area (Å²) >= 11 is 0. The molecule has 0 atom stereocenters. The topological polar surface area (TPSA) is 101 Å². The van der Waals surface area contributed by atoms with Crippen LogP contribution in [0.3, 0.4) is 0 Å². The minimum Gasteiger partial charge on any atom is -0.307 e. The van der Waals surface area contributed by atoms with Crippen LogP contribution in [-0.4, -0.2) is 24.6 Å². The van der Waals surface area contributed by atoms with Crippen molar-refractivity contribution in [3.8, 4) is 0 Å². The highest BCUT2D eigenvalue weighted by Crippen LogP contribution is 2.38. The van der Waals surface area contributed by atoms with Crippen LogP contribution in [0.4, 0.5) is 10.5 Å². The van der Waals surface area contributed by atoms with Gasteiger partial charge in [0, 0.05) is 5.69 Å². The normalized spacial score (nSPS) is 15.4. The monoisotopic (exact) mass is 372 g/mol. The van der Waals surface area contributed by atoms with Gasteiger partial charge >= 0.3 is 6.03 Å². The highest BCUT2D eigenvalue weighted by molar-refractivity contribution is 7.90. The Morgan fingerprint density at radius 1 is 1.04 bits per heavy atom. The Hall–Kier alpha value is -2.48. The highest BCUT2D eigenvalue weighted by atomic mass is 32.2. The smallest absolute Gasteiger partial charge is 0.307 e. The van der Waals surface area contributed by atoms with Gasteiger partial charge < -0.3 is 5.32 Å². The molecule has 1 aromatic heterocycles. The van der Waals surface area contributed by atoms with Gasteiger partial charge in [0.1, 0.15) is 0 Å². The molecule has 7 nitrogen and oxygen atoms in total. The Bertz CT molecular complexity index is 969. The van der Waals surface area contributed by atoms with Crippen LogP contribution in [0.2, 0.25) is 0 Å². The zero-order valence-corrected chi connectivity index (χ0v) is 15.3. The molecule has 2 aliphatic carbocycles. The van der Waals surface area contributed by atoms with Crippen LogP contribution in [0.25, 0.3) is 0 Å². The number of hydrogen-bond acceptors (Lipinski definition) is 5. The van der Waals surface area contributed by atoms with Gasteiger partial charge in [0.15, 0.2) is 5.03 Å². The summed E-state index contributed by atoms with van der Waals surface area (Å²) in [6.45, 7) is 1.71. The van der Waals surface area contributed by atoms with Crippen molar-refractivity contribution >= 4 is 21.7 Å². The zero-order valence-electron chi connectivity index (χ0n) is 14.5. The molecule has 26 heavy (non-hydrogen) atoms. The molecular formula is C18H20N4O3S. The summed E-state index contributed by atoms with van der Waals surface area (Å²) in [7, 11) is -4.07. The van der Waals surface area contributed by atoms with Crippen LogP contribution in [0.5, 0.6) is 0 Å². The number of rotatable bonds is 3. The molecule has 1 aromatic carbocycles. The molecule has 2 aliphatic rings.